The summed E-state index contributed by atoms with van der Waals surface area (Å²) in [5, 5.41) is 0. The molecular weight excluding hydrogens is 266 g/mol. The lowest BCUT2D eigenvalue weighted by Crippen LogP contribution is -2.48. The lowest BCUT2D eigenvalue weighted by atomic mass is 10.3. The Bertz CT molecular complexity index is 520. The highest BCUT2D eigenvalue weighted by atomic mass is 32.2. The van der Waals surface area contributed by atoms with Crippen molar-refractivity contribution in [3.8, 4) is 0 Å². The third-order valence-electron chi connectivity index (χ3n) is 3.04. The minimum atomic E-state index is -3.47. The molecule has 2 atom stereocenters. The molecule has 1 aromatic carbocycles. The summed E-state index contributed by atoms with van der Waals surface area (Å²) in [4.78, 5) is 0.271. The standard InChI is InChI=1S/C12H19N3O3S/c1-9-7-15(8-10(2)18-9)19(16,17)12-5-3-11(14-13)4-6-12/h3-6,9-10,14H,7-8,13H2,1-2H3. The minimum Gasteiger partial charge on any atom is -0.373 e. The lowest BCUT2D eigenvalue weighted by molar-refractivity contribution is -0.0440. The minimum absolute atomic E-state index is 0.0940. The number of hydrogen-bond donors (Lipinski definition) is 2. The second-order valence-electron chi connectivity index (χ2n) is 4.75. The lowest BCUT2D eigenvalue weighted by Gasteiger charge is -2.34. The molecule has 7 heteroatoms. The van der Waals surface area contributed by atoms with Gasteiger partial charge in [0.15, 0.2) is 0 Å². The summed E-state index contributed by atoms with van der Waals surface area (Å²) in [7, 11) is -3.47. The Morgan fingerprint density at radius 1 is 1.21 bits per heavy atom. The molecule has 19 heavy (non-hydrogen) atoms. The Kier molecular flexibility index (Phi) is 4.10. The molecule has 0 aromatic heterocycles. The van der Waals surface area contributed by atoms with E-state index in [-0.39, 0.29) is 17.1 Å². The van der Waals surface area contributed by atoms with Gasteiger partial charge in [-0.3, -0.25) is 5.84 Å². The van der Waals surface area contributed by atoms with Gasteiger partial charge in [-0.05, 0) is 38.1 Å². The highest BCUT2D eigenvalue weighted by Gasteiger charge is 2.31. The van der Waals surface area contributed by atoms with E-state index in [2.05, 4.69) is 5.43 Å². The van der Waals surface area contributed by atoms with Crippen LogP contribution in [0.5, 0.6) is 0 Å². The summed E-state index contributed by atoms with van der Waals surface area (Å²) in [6, 6.07) is 6.38. The van der Waals surface area contributed by atoms with Crippen LogP contribution in [0.4, 0.5) is 5.69 Å². The summed E-state index contributed by atoms with van der Waals surface area (Å²) in [6.45, 7) is 4.51. The molecule has 0 bridgehead atoms. The Morgan fingerprint density at radius 2 is 1.74 bits per heavy atom. The quantitative estimate of drug-likeness (QED) is 0.633. The molecule has 2 rings (SSSR count). The number of sulfonamides is 1. The zero-order chi connectivity index (χ0) is 14.0. The zero-order valence-electron chi connectivity index (χ0n) is 11.0. The number of nitrogens with two attached hydrogens (primary N) is 1. The van der Waals surface area contributed by atoms with E-state index in [1.807, 2.05) is 13.8 Å². The molecule has 106 valence electrons. The average Bonchev–Trinajstić information content (AvgIpc) is 2.37. The van der Waals surface area contributed by atoms with Gasteiger partial charge in [-0.15, -0.1) is 0 Å². The highest BCUT2D eigenvalue weighted by Crippen LogP contribution is 2.22. The number of hydrogen-bond acceptors (Lipinski definition) is 5. The van der Waals surface area contributed by atoms with Gasteiger partial charge in [-0.2, -0.15) is 4.31 Å². The first-order chi connectivity index (χ1) is 8.93. The van der Waals surface area contributed by atoms with E-state index >= 15 is 0 Å². The van der Waals surface area contributed by atoms with Crippen LogP contribution in [0, 0.1) is 0 Å². The summed E-state index contributed by atoms with van der Waals surface area (Å²) in [5.41, 5.74) is 3.14. The molecule has 0 amide bonds. The maximum Gasteiger partial charge on any atom is 0.243 e. The highest BCUT2D eigenvalue weighted by molar-refractivity contribution is 7.89. The number of benzene rings is 1. The van der Waals surface area contributed by atoms with Crippen LogP contribution in [0.2, 0.25) is 0 Å². The van der Waals surface area contributed by atoms with E-state index in [0.29, 0.717) is 18.8 Å². The first-order valence-corrected chi connectivity index (χ1v) is 7.60. The van der Waals surface area contributed by atoms with E-state index in [1.54, 1.807) is 24.3 Å². The number of nitrogens with zero attached hydrogens (tertiary/aromatic N) is 1. The van der Waals surface area contributed by atoms with Crippen LogP contribution in [-0.2, 0) is 14.8 Å². The Morgan fingerprint density at radius 3 is 2.21 bits per heavy atom. The molecule has 6 nitrogen and oxygen atoms in total. The molecule has 1 aliphatic heterocycles. The van der Waals surface area contributed by atoms with E-state index in [1.165, 1.54) is 4.31 Å². The number of anilines is 1. The Balaban J connectivity index is 2.25. The molecular formula is C12H19N3O3S. The molecule has 3 N–H and O–H groups in total. The maximum absolute atomic E-state index is 12.5. The normalized spacial score (nSPS) is 25.2. The van der Waals surface area contributed by atoms with Crippen LogP contribution < -0.4 is 11.3 Å². The molecule has 1 aliphatic rings. The van der Waals surface area contributed by atoms with Gasteiger partial charge in [0.1, 0.15) is 0 Å². The molecule has 1 aromatic rings. The van der Waals surface area contributed by atoms with Crippen molar-refractivity contribution in [2.45, 2.75) is 31.0 Å². The fraction of sp³-hybridized carbons (Fsp3) is 0.500. The van der Waals surface area contributed by atoms with Gasteiger partial charge in [0.25, 0.3) is 0 Å². The zero-order valence-corrected chi connectivity index (χ0v) is 11.9. The van der Waals surface area contributed by atoms with Crippen LogP contribution >= 0.6 is 0 Å². The number of nitrogen functional groups attached to an aromatic ring is 1. The van der Waals surface area contributed by atoms with Gasteiger partial charge < -0.3 is 10.2 Å². The topological polar surface area (TPSA) is 84.7 Å². The van der Waals surface area contributed by atoms with Crippen LogP contribution in [0.1, 0.15) is 13.8 Å². The third kappa shape index (κ3) is 3.06. The van der Waals surface area contributed by atoms with E-state index in [9.17, 15) is 8.42 Å². The summed E-state index contributed by atoms with van der Waals surface area (Å²) in [5.74, 6) is 5.26. The van der Waals surface area contributed by atoms with Gasteiger partial charge in [-0.1, -0.05) is 0 Å². The first kappa shape index (κ1) is 14.3. The first-order valence-electron chi connectivity index (χ1n) is 6.16. The van der Waals surface area contributed by atoms with E-state index < -0.39 is 10.0 Å². The number of rotatable bonds is 3. The molecule has 0 radical (unpaired) electrons. The SMILES string of the molecule is CC1CN(S(=O)(=O)c2ccc(NN)cc2)CC(C)O1. The smallest absolute Gasteiger partial charge is 0.243 e. The predicted molar refractivity (Wildman–Crippen MR) is 73.0 cm³/mol. The van der Waals surface area contributed by atoms with Crippen LogP contribution in [0.25, 0.3) is 0 Å². The van der Waals surface area contributed by atoms with Gasteiger partial charge in [-0.25, -0.2) is 8.42 Å². The van der Waals surface area contributed by atoms with Crippen molar-refractivity contribution in [1.82, 2.24) is 4.31 Å². The fourth-order valence-corrected chi connectivity index (χ4v) is 3.79. The van der Waals surface area contributed by atoms with Crippen molar-refractivity contribution in [2.24, 2.45) is 5.84 Å². The molecule has 1 fully saturated rings. The van der Waals surface area contributed by atoms with Gasteiger partial charge >= 0.3 is 0 Å². The van der Waals surface area contributed by atoms with Gasteiger partial charge in [0.05, 0.1) is 17.1 Å². The fourth-order valence-electron chi connectivity index (χ4n) is 2.20. The van der Waals surface area contributed by atoms with Gasteiger partial charge in [0.2, 0.25) is 10.0 Å². The van der Waals surface area contributed by atoms with Crippen LogP contribution in [0.15, 0.2) is 29.2 Å². The number of ether oxygens (including phenoxy) is 1. The van der Waals surface area contributed by atoms with Crippen molar-refractivity contribution >= 4 is 15.7 Å². The van der Waals surface area contributed by atoms with Crippen LogP contribution in [-0.4, -0.2) is 38.0 Å². The molecule has 1 saturated heterocycles. The Hall–Kier alpha value is -1.15. The third-order valence-corrected chi connectivity index (χ3v) is 4.89. The maximum atomic E-state index is 12.5. The van der Waals surface area contributed by atoms with Gasteiger partial charge in [0, 0.05) is 18.8 Å². The second-order valence-corrected chi connectivity index (χ2v) is 6.69. The second kappa shape index (κ2) is 5.46. The van der Waals surface area contributed by atoms with Crippen molar-refractivity contribution in [1.29, 1.82) is 0 Å². The average molecular weight is 285 g/mol. The van der Waals surface area contributed by atoms with Crippen molar-refractivity contribution < 1.29 is 13.2 Å². The molecule has 0 saturated carbocycles. The predicted octanol–water partition coefficient (Wildman–Crippen LogP) is 0.770. The summed E-state index contributed by atoms with van der Waals surface area (Å²) in [6.07, 6.45) is -0.188. The largest absolute Gasteiger partial charge is 0.373 e. The molecule has 0 aliphatic carbocycles. The van der Waals surface area contributed by atoms with E-state index in [0.717, 1.165) is 0 Å². The van der Waals surface area contributed by atoms with Crippen molar-refractivity contribution in [2.75, 3.05) is 18.5 Å². The monoisotopic (exact) mass is 285 g/mol. The molecule has 2 unspecified atom stereocenters. The van der Waals surface area contributed by atoms with Crippen LogP contribution in [0.3, 0.4) is 0 Å². The number of morpholine rings is 1. The molecule has 0 spiro atoms. The Labute approximate surface area is 113 Å². The molecule has 1 heterocycles. The van der Waals surface area contributed by atoms with E-state index in [4.69, 9.17) is 10.6 Å². The van der Waals surface area contributed by atoms with Crippen molar-refractivity contribution in [3.63, 3.8) is 0 Å². The number of nitrogens with one attached hydrogen (secondary N) is 1. The summed E-state index contributed by atoms with van der Waals surface area (Å²) < 4.78 is 32.0. The van der Waals surface area contributed by atoms with Crippen molar-refractivity contribution in [3.05, 3.63) is 24.3 Å². The number of hydrazine groups is 1. The summed E-state index contributed by atoms with van der Waals surface area (Å²) >= 11 is 0.